The van der Waals surface area contributed by atoms with Crippen LogP contribution in [0.25, 0.3) is 0 Å². The lowest BCUT2D eigenvalue weighted by molar-refractivity contribution is -0.159. The molecule has 0 radical (unpaired) electrons. The number of fused-ring (bicyclic) bond motifs is 1. The summed E-state index contributed by atoms with van der Waals surface area (Å²) in [6.07, 6.45) is 3.09. The molecule has 3 rings (SSSR count). The summed E-state index contributed by atoms with van der Waals surface area (Å²) >= 11 is 17.7. The lowest BCUT2D eigenvalue weighted by atomic mass is 9.81. The lowest BCUT2D eigenvalue weighted by Gasteiger charge is -2.21. The minimum atomic E-state index is -1.10. The Balaban J connectivity index is 1.57. The molecular weight excluding hydrogens is 443 g/mol. The zero-order chi connectivity index (χ0) is 21.3. The number of rotatable bonds is 5. The highest BCUT2D eigenvalue weighted by molar-refractivity contribution is 6.44. The number of imide groups is 1. The van der Waals surface area contributed by atoms with Crippen LogP contribution in [0.2, 0.25) is 15.1 Å². The topological polar surface area (TPSA) is 92.8 Å². The van der Waals surface area contributed by atoms with Crippen molar-refractivity contribution in [2.45, 2.75) is 38.6 Å². The van der Waals surface area contributed by atoms with Gasteiger partial charge in [0.05, 0.1) is 32.6 Å². The van der Waals surface area contributed by atoms with Crippen LogP contribution in [0.15, 0.2) is 12.1 Å². The molecule has 3 unspecified atom stereocenters. The van der Waals surface area contributed by atoms with Crippen LogP contribution >= 0.6 is 34.8 Å². The summed E-state index contributed by atoms with van der Waals surface area (Å²) in [5, 5.41) is 3.06. The van der Waals surface area contributed by atoms with Crippen molar-refractivity contribution in [3.8, 4) is 0 Å². The molecule has 10 heteroatoms. The van der Waals surface area contributed by atoms with E-state index in [2.05, 4.69) is 5.32 Å². The van der Waals surface area contributed by atoms with E-state index >= 15 is 0 Å². The van der Waals surface area contributed by atoms with Crippen LogP contribution < -0.4 is 5.32 Å². The Hall–Kier alpha value is -1.83. The van der Waals surface area contributed by atoms with Gasteiger partial charge in [-0.25, -0.2) is 4.79 Å². The van der Waals surface area contributed by atoms with Gasteiger partial charge in [0.2, 0.25) is 11.8 Å². The van der Waals surface area contributed by atoms with Gasteiger partial charge in [0.15, 0.2) is 6.61 Å². The number of halogens is 3. The fourth-order valence-electron chi connectivity index (χ4n) is 3.74. The molecule has 7 nitrogen and oxygen atoms in total. The number of carbonyl (C=O) groups excluding carboxylic acids is 4. The van der Waals surface area contributed by atoms with Crippen LogP contribution in [-0.4, -0.2) is 41.2 Å². The van der Waals surface area contributed by atoms with Gasteiger partial charge in [-0.3, -0.25) is 19.3 Å². The predicted octanol–water partition coefficient (Wildman–Crippen LogP) is 3.69. The van der Waals surface area contributed by atoms with Crippen LogP contribution in [0.1, 0.15) is 32.6 Å². The van der Waals surface area contributed by atoms with Crippen molar-refractivity contribution in [1.29, 1.82) is 0 Å². The minimum absolute atomic E-state index is 0.170. The van der Waals surface area contributed by atoms with E-state index in [1.165, 1.54) is 19.1 Å². The molecule has 2 aliphatic rings. The highest BCUT2D eigenvalue weighted by Gasteiger charge is 2.51. The molecule has 1 heterocycles. The van der Waals surface area contributed by atoms with E-state index in [1.807, 2.05) is 0 Å². The van der Waals surface area contributed by atoms with Gasteiger partial charge in [-0.15, -0.1) is 0 Å². The molecule has 1 aliphatic carbocycles. The van der Waals surface area contributed by atoms with Crippen molar-refractivity contribution in [3.63, 3.8) is 0 Å². The van der Waals surface area contributed by atoms with E-state index in [9.17, 15) is 19.2 Å². The molecule has 0 aromatic heterocycles. The van der Waals surface area contributed by atoms with Crippen LogP contribution in [0.5, 0.6) is 0 Å². The minimum Gasteiger partial charge on any atom is -0.454 e. The summed E-state index contributed by atoms with van der Waals surface area (Å²) in [5.41, 5.74) is 0.212. The normalized spacial score (nSPS) is 22.3. The van der Waals surface area contributed by atoms with E-state index in [0.717, 1.165) is 17.7 Å². The van der Waals surface area contributed by atoms with Crippen molar-refractivity contribution < 1.29 is 23.9 Å². The zero-order valence-corrected chi connectivity index (χ0v) is 17.8. The molecule has 1 aromatic carbocycles. The Morgan fingerprint density at radius 2 is 1.62 bits per heavy atom. The molecule has 156 valence electrons. The molecule has 1 saturated carbocycles. The Bertz CT molecular complexity index is 852. The summed E-state index contributed by atoms with van der Waals surface area (Å²) in [7, 11) is 0. The Morgan fingerprint density at radius 1 is 1.07 bits per heavy atom. The van der Waals surface area contributed by atoms with Gasteiger partial charge in [0.25, 0.3) is 5.91 Å². The number of carbonyl (C=O) groups is 4. The number of hydrogen-bond acceptors (Lipinski definition) is 5. The summed E-state index contributed by atoms with van der Waals surface area (Å²) < 4.78 is 4.99. The maximum Gasteiger partial charge on any atom is 0.329 e. The Labute approximate surface area is 182 Å². The third kappa shape index (κ3) is 4.52. The number of likely N-dealkylation sites (tertiary alicyclic amines) is 1. The molecule has 0 bridgehead atoms. The maximum atomic E-state index is 12.6. The fourth-order valence-corrected chi connectivity index (χ4v) is 4.33. The summed E-state index contributed by atoms with van der Waals surface area (Å²) in [5.74, 6) is -2.87. The number of nitrogens with one attached hydrogen (secondary N) is 1. The number of esters is 1. The SMILES string of the molecule is CC(C(=O)OCC(=O)Nc1cc(Cl)c(Cl)cc1Cl)N1C(=O)C2CCCCC2C1=O. The first-order valence-electron chi connectivity index (χ1n) is 9.18. The monoisotopic (exact) mass is 460 g/mol. The summed E-state index contributed by atoms with van der Waals surface area (Å²) in [6, 6.07) is 1.65. The highest BCUT2D eigenvalue weighted by Crippen LogP contribution is 2.39. The van der Waals surface area contributed by atoms with Crippen molar-refractivity contribution in [1.82, 2.24) is 4.90 Å². The summed E-state index contributed by atoms with van der Waals surface area (Å²) in [6.45, 7) is 0.812. The molecule has 0 spiro atoms. The molecular formula is C19H19Cl3N2O5. The standard InChI is InChI=1S/C19H19Cl3N2O5/c1-9(24-17(26)10-4-2-3-5-11(10)18(24)27)19(28)29-8-16(25)23-15-7-13(21)12(20)6-14(15)22/h6-7,9-11H,2-5,8H2,1H3,(H,23,25). The molecule has 1 aromatic rings. The van der Waals surface area contributed by atoms with Gasteiger partial charge in [-0.2, -0.15) is 0 Å². The summed E-state index contributed by atoms with van der Waals surface area (Å²) in [4.78, 5) is 50.5. The van der Waals surface area contributed by atoms with Crippen LogP contribution in [-0.2, 0) is 23.9 Å². The van der Waals surface area contributed by atoms with Gasteiger partial charge >= 0.3 is 5.97 Å². The number of amides is 3. The second-order valence-corrected chi connectivity index (χ2v) is 8.34. The molecule has 1 aliphatic heterocycles. The number of hydrogen-bond donors (Lipinski definition) is 1. The predicted molar refractivity (Wildman–Crippen MR) is 108 cm³/mol. The number of ether oxygens (including phenoxy) is 1. The quantitative estimate of drug-likeness (QED) is 0.410. The third-order valence-corrected chi connectivity index (χ3v) is 6.27. The molecule has 29 heavy (non-hydrogen) atoms. The second kappa shape index (κ2) is 8.90. The first-order valence-corrected chi connectivity index (χ1v) is 10.3. The van der Waals surface area contributed by atoms with Crippen molar-refractivity contribution >= 4 is 64.2 Å². The Morgan fingerprint density at radius 3 is 2.21 bits per heavy atom. The van der Waals surface area contributed by atoms with Crippen LogP contribution in [0.4, 0.5) is 5.69 Å². The Kier molecular flexibility index (Phi) is 6.71. The zero-order valence-electron chi connectivity index (χ0n) is 15.5. The highest BCUT2D eigenvalue weighted by atomic mass is 35.5. The smallest absolute Gasteiger partial charge is 0.329 e. The molecule has 3 amide bonds. The van der Waals surface area contributed by atoms with Gasteiger partial charge in [-0.05, 0) is 31.9 Å². The molecule has 1 saturated heterocycles. The van der Waals surface area contributed by atoms with E-state index in [-0.39, 0.29) is 44.4 Å². The third-order valence-electron chi connectivity index (χ3n) is 5.23. The second-order valence-electron chi connectivity index (χ2n) is 7.12. The van der Waals surface area contributed by atoms with E-state index in [4.69, 9.17) is 39.5 Å². The van der Waals surface area contributed by atoms with Gasteiger partial charge < -0.3 is 10.1 Å². The fraction of sp³-hybridized carbons (Fsp3) is 0.474. The van der Waals surface area contributed by atoms with E-state index < -0.39 is 24.5 Å². The molecule has 1 N–H and O–H groups in total. The van der Waals surface area contributed by atoms with E-state index in [1.54, 1.807) is 0 Å². The molecule has 3 atom stereocenters. The molecule has 2 fully saturated rings. The largest absolute Gasteiger partial charge is 0.454 e. The van der Waals surface area contributed by atoms with Crippen molar-refractivity contribution in [3.05, 3.63) is 27.2 Å². The van der Waals surface area contributed by atoms with Crippen LogP contribution in [0.3, 0.4) is 0 Å². The van der Waals surface area contributed by atoms with E-state index in [0.29, 0.717) is 12.8 Å². The maximum absolute atomic E-state index is 12.6. The number of benzene rings is 1. The van der Waals surface area contributed by atoms with Gasteiger partial charge in [-0.1, -0.05) is 47.6 Å². The lowest BCUT2D eigenvalue weighted by Crippen LogP contribution is -2.45. The van der Waals surface area contributed by atoms with Gasteiger partial charge in [0, 0.05) is 0 Å². The average molecular weight is 462 g/mol. The number of anilines is 1. The van der Waals surface area contributed by atoms with Crippen molar-refractivity contribution in [2.75, 3.05) is 11.9 Å². The van der Waals surface area contributed by atoms with Crippen molar-refractivity contribution in [2.24, 2.45) is 11.8 Å². The number of nitrogens with zero attached hydrogens (tertiary/aromatic N) is 1. The first kappa shape index (κ1) is 21.9. The average Bonchev–Trinajstić information content (AvgIpc) is 2.94. The van der Waals surface area contributed by atoms with Crippen LogP contribution in [0, 0.1) is 11.8 Å². The van der Waals surface area contributed by atoms with Gasteiger partial charge in [0.1, 0.15) is 6.04 Å². The first-order chi connectivity index (χ1) is 13.7.